The van der Waals surface area contributed by atoms with Crippen LogP contribution in [0, 0.1) is 0 Å². The van der Waals surface area contributed by atoms with Gasteiger partial charge in [0, 0.05) is 17.7 Å². The second-order valence-electron chi connectivity index (χ2n) is 3.87. The SMILES string of the molecule is NCCCCCCC(=O)Cc1ccc(Br)s1. The zero-order valence-corrected chi connectivity index (χ0v) is 11.8. The third-order valence-corrected chi connectivity index (χ3v) is 4.03. The van der Waals surface area contributed by atoms with Gasteiger partial charge in [-0.3, -0.25) is 4.79 Å². The highest BCUT2D eigenvalue weighted by Gasteiger charge is 2.05. The fourth-order valence-electron chi connectivity index (χ4n) is 1.55. The molecule has 1 aromatic rings. The van der Waals surface area contributed by atoms with Crippen LogP contribution in [0.3, 0.4) is 0 Å². The van der Waals surface area contributed by atoms with E-state index in [4.69, 9.17) is 5.73 Å². The average Bonchev–Trinajstić information content (AvgIpc) is 2.63. The van der Waals surface area contributed by atoms with Gasteiger partial charge in [0.1, 0.15) is 5.78 Å². The molecule has 0 atom stereocenters. The standard InChI is InChI=1S/C12H18BrNOS/c13-12-7-6-11(16-12)9-10(15)5-3-1-2-4-8-14/h6-7H,1-5,8-9,14H2. The predicted molar refractivity (Wildman–Crippen MR) is 72.9 cm³/mol. The van der Waals surface area contributed by atoms with Crippen molar-refractivity contribution in [3.8, 4) is 0 Å². The van der Waals surface area contributed by atoms with Crippen molar-refractivity contribution >= 4 is 33.0 Å². The molecule has 16 heavy (non-hydrogen) atoms. The van der Waals surface area contributed by atoms with Gasteiger partial charge in [-0.05, 0) is 47.4 Å². The smallest absolute Gasteiger partial charge is 0.138 e. The monoisotopic (exact) mass is 303 g/mol. The van der Waals surface area contributed by atoms with Crippen molar-refractivity contribution in [1.29, 1.82) is 0 Å². The van der Waals surface area contributed by atoms with Gasteiger partial charge in [-0.1, -0.05) is 12.8 Å². The summed E-state index contributed by atoms with van der Waals surface area (Å²) in [7, 11) is 0. The molecule has 1 rings (SSSR count). The lowest BCUT2D eigenvalue weighted by molar-refractivity contribution is -0.118. The van der Waals surface area contributed by atoms with Crippen LogP contribution in [0.5, 0.6) is 0 Å². The molecule has 1 aromatic heterocycles. The summed E-state index contributed by atoms with van der Waals surface area (Å²) in [5.41, 5.74) is 5.41. The summed E-state index contributed by atoms with van der Waals surface area (Å²) in [6, 6.07) is 4.01. The first kappa shape index (κ1) is 13.9. The highest BCUT2D eigenvalue weighted by Crippen LogP contribution is 2.23. The van der Waals surface area contributed by atoms with Crippen LogP contribution in [0.1, 0.15) is 37.0 Å². The van der Waals surface area contributed by atoms with E-state index >= 15 is 0 Å². The van der Waals surface area contributed by atoms with E-state index < -0.39 is 0 Å². The van der Waals surface area contributed by atoms with E-state index in [0.717, 1.165) is 40.9 Å². The van der Waals surface area contributed by atoms with Crippen molar-refractivity contribution in [2.24, 2.45) is 5.73 Å². The lowest BCUT2D eigenvalue weighted by Gasteiger charge is -1.99. The van der Waals surface area contributed by atoms with Crippen LogP contribution >= 0.6 is 27.3 Å². The largest absolute Gasteiger partial charge is 0.330 e. The Kier molecular flexibility index (Phi) is 6.92. The molecule has 0 spiro atoms. The lowest BCUT2D eigenvalue weighted by Crippen LogP contribution is -2.01. The molecule has 4 heteroatoms. The topological polar surface area (TPSA) is 43.1 Å². The predicted octanol–water partition coefficient (Wildman–Crippen LogP) is 3.53. The third kappa shape index (κ3) is 5.77. The van der Waals surface area contributed by atoms with E-state index in [1.54, 1.807) is 11.3 Å². The molecule has 2 nitrogen and oxygen atoms in total. The Bertz CT molecular complexity index is 325. The summed E-state index contributed by atoms with van der Waals surface area (Å²) < 4.78 is 1.10. The average molecular weight is 304 g/mol. The molecule has 0 aliphatic carbocycles. The zero-order chi connectivity index (χ0) is 11.8. The van der Waals surface area contributed by atoms with Crippen LogP contribution in [0.25, 0.3) is 0 Å². The number of nitrogens with two attached hydrogens (primary N) is 1. The van der Waals surface area contributed by atoms with Gasteiger partial charge >= 0.3 is 0 Å². The fourth-order valence-corrected chi connectivity index (χ4v) is 3.06. The van der Waals surface area contributed by atoms with E-state index in [-0.39, 0.29) is 0 Å². The minimum Gasteiger partial charge on any atom is -0.330 e. The van der Waals surface area contributed by atoms with Crippen LogP contribution in [-0.2, 0) is 11.2 Å². The van der Waals surface area contributed by atoms with E-state index in [0.29, 0.717) is 18.6 Å². The van der Waals surface area contributed by atoms with Gasteiger partial charge in [0.2, 0.25) is 0 Å². The second kappa shape index (κ2) is 7.98. The summed E-state index contributed by atoms with van der Waals surface area (Å²) in [6.07, 6.45) is 5.65. The summed E-state index contributed by atoms with van der Waals surface area (Å²) in [5.74, 6) is 0.349. The van der Waals surface area contributed by atoms with Crippen LogP contribution in [0.4, 0.5) is 0 Å². The number of hydrogen-bond acceptors (Lipinski definition) is 3. The first-order valence-corrected chi connectivity index (χ1v) is 7.29. The molecule has 90 valence electrons. The summed E-state index contributed by atoms with van der Waals surface area (Å²) in [6.45, 7) is 0.761. The van der Waals surface area contributed by atoms with Gasteiger partial charge in [-0.15, -0.1) is 11.3 Å². The molecule has 1 heterocycles. The van der Waals surface area contributed by atoms with Crippen LogP contribution in [0.15, 0.2) is 15.9 Å². The molecule has 0 fully saturated rings. The Morgan fingerprint density at radius 1 is 1.25 bits per heavy atom. The highest BCUT2D eigenvalue weighted by molar-refractivity contribution is 9.11. The van der Waals surface area contributed by atoms with E-state index in [9.17, 15) is 4.79 Å². The molecule has 0 saturated carbocycles. The molecule has 0 aliphatic rings. The Morgan fingerprint density at radius 2 is 2.00 bits per heavy atom. The van der Waals surface area contributed by atoms with Crippen molar-refractivity contribution in [2.45, 2.75) is 38.5 Å². The van der Waals surface area contributed by atoms with Gasteiger partial charge in [-0.25, -0.2) is 0 Å². The lowest BCUT2D eigenvalue weighted by atomic mass is 10.1. The molecular formula is C12H18BrNOS. The maximum Gasteiger partial charge on any atom is 0.138 e. The van der Waals surface area contributed by atoms with Gasteiger partial charge in [0.25, 0.3) is 0 Å². The molecule has 0 aromatic carbocycles. The van der Waals surface area contributed by atoms with Crippen LogP contribution in [0.2, 0.25) is 0 Å². The Balaban J connectivity index is 2.11. The van der Waals surface area contributed by atoms with Crippen molar-refractivity contribution in [3.63, 3.8) is 0 Å². The number of carbonyl (C=O) groups is 1. The normalized spacial score (nSPS) is 10.6. The molecular weight excluding hydrogens is 286 g/mol. The maximum absolute atomic E-state index is 11.6. The van der Waals surface area contributed by atoms with Gasteiger partial charge in [-0.2, -0.15) is 0 Å². The highest BCUT2D eigenvalue weighted by atomic mass is 79.9. The summed E-state index contributed by atoms with van der Waals surface area (Å²) >= 11 is 5.04. The van der Waals surface area contributed by atoms with Gasteiger partial charge in [0.05, 0.1) is 3.79 Å². The van der Waals surface area contributed by atoms with Gasteiger partial charge < -0.3 is 5.73 Å². The van der Waals surface area contributed by atoms with Gasteiger partial charge in [0.15, 0.2) is 0 Å². The molecule has 0 radical (unpaired) electrons. The minimum atomic E-state index is 0.349. The number of unbranched alkanes of at least 4 members (excludes halogenated alkanes) is 3. The molecule has 0 unspecified atom stereocenters. The number of rotatable bonds is 8. The number of thiophene rings is 1. The first-order valence-electron chi connectivity index (χ1n) is 5.68. The fraction of sp³-hybridized carbons (Fsp3) is 0.583. The second-order valence-corrected chi connectivity index (χ2v) is 6.42. The van der Waals surface area contributed by atoms with E-state index in [2.05, 4.69) is 15.9 Å². The zero-order valence-electron chi connectivity index (χ0n) is 9.38. The van der Waals surface area contributed by atoms with Crippen molar-refractivity contribution < 1.29 is 4.79 Å². The van der Waals surface area contributed by atoms with Crippen molar-refractivity contribution in [3.05, 3.63) is 20.8 Å². The summed E-state index contributed by atoms with van der Waals surface area (Å²) in [5, 5.41) is 0. The third-order valence-electron chi connectivity index (χ3n) is 2.41. The number of Topliss-reactive ketones (excluding diaryl/α,β-unsaturated/α-hetero) is 1. The molecule has 0 saturated heterocycles. The number of carbonyl (C=O) groups excluding carboxylic acids is 1. The molecule has 2 N–H and O–H groups in total. The molecule has 0 bridgehead atoms. The Hall–Kier alpha value is -0.190. The Labute approximate surface area is 109 Å². The van der Waals surface area contributed by atoms with Crippen LogP contribution < -0.4 is 5.73 Å². The van der Waals surface area contributed by atoms with Crippen molar-refractivity contribution in [1.82, 2.24) is 0 Å². The maximum atomic E-state index is 11.6. The first-order chi connectivity index (χ1) is 7.72. The van der Waals surface area contributed by atoms with Crippen molar-refractivity contribution in [2.75, 3.05) is 6.54 Å². The number of ketones is 1. The molecule has 0 amide bonds. The number of hydrogen-bond donors (Lipinski definition) is 1. The quantitative estimate of drug-likeness (QED) is 0.747. The Morgan fingerprint density at radius 3 is 2.62 bits per heavy atom. The van der Waals surface area contributed by atoms with E-state index in [1.165, 1.54) is 0 Å². The minimum absolute atomic E-state index is 0.349. The van der Waals surface area contributed by atoms with Crippen LogP contribution in [-0.4, -0.2) is 12.3 Å². The number of halogens is 1. The summed E-state index contributed by atoms with van der Waals surface area (Å²) in [4.78, 5) is 12.8. The van der Waals surface area contributed by atoms with E-state index in [1.807, 2.05) is 12.1 Å². The molecule has 0 aliphatic heterocycles.